The van der Waals surface area contributed by atoms with Gasteiger partial charge in [-0.2, -0.15) is 9.78 Å². The molecule has 1 atom stereocenters. The molecule has 0 saturated carbocycles. The van der Waals surface area contributed by atoms with Gasteiger partial charge in [0.05, 0.1) is 31.3 Å². The van der Waals surface area contributed by atoms with E-state index in [0.717, 1.165) is 10.9 Å². The molecule has 0 aliphatic rings. The molecule has 0 unspecified atom stereocenters. The van der Waals surface area contributed by atoms with Crippen LogP contribution in [0.3, 0.4) is 0 Å². The van der Waals surface area contributed by atoms with E-state index < -0.39 is 0 Å². The summed E-state index contributed by atoms with van der Waals surface area (Å²) in [6, 6.07) is 7.18. The summed E-state index contributed by atoms with van der Waals surface area (Å²) >= 11 is 13.3. The fraction of sp³-hybridized carbons (Fsp3) is 0.286. The Balaban J connectivity index is 2.22. The molecule has 0 bridgehead atoms. The van der Waals surface area contributed by atoms with Crippen molar-refractivity contribution in [2.24, 2.45) is 5.10 Å². The Labute approximate surface area is 196 Å². The second-order valence-corrected chi connectivity index (χ2v) is 8.72. The van der Waals surface area contributed by atoms with E-state index in [4.69, 9.17) is 26.1 Å². The van der Waals surface area contributed by atoms with Crippen LogP contribution in [0.15, 0.2) is 43.1 Å². The second-order valence-electron chi connectivity index (χ2n) is 6.63. The topological polar surface area (TPSA) is 65.7 Å². The summed E-state index contributed by atoms with van der Waals surface area (Å²) in [5.74, 6) is 1.51. The summed E-state index contributed by atoms with van der Waals surface area (Å²) in [6.45, 7) is 4.06. The van der Waals surface area contributed by atoms with Gasteiger partial charge in [0.15, 0.2) is 11.5 Å². The highest BCUT2D eigenvalue weighted by Crippen LogP contribution is 2.41. The first-order valence-electron chi connectivity index (χ1n) is 9.18. The third-order valence-corrected chi connectivity index (χ3v) is 6.72. The van der Waals surface area contributed by atoms with Crippen LogP contribution in [-0.4, -0.2) is 30.1 Å². The standard InChI is InChI=1S/C21H20Br2ClN3O3/c1-5-11(2)20-26-15-7-6-13(22)9-14(15)21(28)27(20)25-10-12-8-16(29-3)19(30-4)18(24)17(12)23/h6-11H,5H2,1-4H3/t11-/m0/s1. The average Bonchev–Trinajstić information content (AvgIpc) is 2.75. The molecular formula is C21H20Br2ClN3O3. The van der Waals surface area contributed by atoms with Gasteiger partial charge in [0, 0.05) is 20.4 Å². The highest BCUT2D eigenvalue weighted by Gasteiger charge is 2.18. The lowest BCUT2D eigenvalue weighted by atomic mass is 10.1. The molecule has 0 radical (unpaired) electrons. The summed E-state index contributed by atoms with van der Waals surface area (Å²) < 4.78 is 13.4. The number of nitrogens with zero attached hydrogens (tertiary/aromatic N) is 3. The molecule has 9 heteroatoms. The molecule has 30 heavy (non-hydrogen) atoms. The Bertz CT molecular complexity index is 1190. The molecule has 0 aliphatic heterocycles. The van der Waals surface area contributed by atoms with E-state index in [-0.39, 0.29) is 11.5 Å². The maximum Gasteiger partial charge on any atom is 0.282 e. The lowest BCUT2D eigenvalue weighted by Gasteiger charge is -2.15. The van der Waals surface area contributed by atoms with Gasteiger partial charge >= 0.3 is 0 Å². The van der Waals surface area contributed by atoms with Crippen molar-refractivity contribution in [3.8, 4) is 11.5 Å². The number of hydrogen-bond donors (Lipinski definition) is 0. The normalized spacial score (nSPS) is 12.5. The third kappa shape index (κ3) is 4.26. The van der Waals surface area contributed by atoms with Crippen LogP contribution in [0.4, 0.5) is 0 Å². The Kier molecular flexibility index (Phi) is 7.21. The monoisotopic (exact) mass is 555 g/mol. The molecule has 6 nitrogen and oxygen atoms in total. The second kappa shape index (κ2) is 9.49. The summed E-state index contributed by atoms with van der Waals surface area (Å²) in [6.07, 6.45) is 2.37. The van der Waals surface area contributed by atoms with Crippen molar-refractivity contribution in [2.45, 2.75) is 26.2 Å². The molecule has 0 amide bonds. The predicted octanol–water partition coefficient (Wildman–Crippen LogP) is 5.99. The van der Waals surface area contributed by atoms with Crippen LogP contribution in [0.2, 0.25) is 5.02 Å². The van der Waals surface area contributed by atoms with Crippen LogP contribution >= 0.6 is 43.5 Å². The Morgan fingerprint density at radius 2 is 2.00 bits per heavy atom. The molecule has 3 aromatic rings. The summed E-state index contributed by atoms with van der Waals surface area (Å²) in [4.78, 5) is 17.9. The zero-order valence-corrected chi connectivity index (χ0v) is 20.8. The van der Waals surface area contributed by atoms with Gasteiger partial charge < -0.3 is 9.47 Å². The number of fused-ring (bicyclic) bond motifs is 1. The minimum Gasteiger partial charge on any atom is -0.493 e. The molecular weight excluding hydrogens is 538 g/mol. The fourth-order valence-electron chi connectivity index (χ4n) is 2.94. The summed E-state index contributed by atoms with van der Waals surface area (Å²) in [7, 11) is 3.04. The number of hydrogen-bond acceptors (Lipinski definition) is 5. The number of aromatic nitrogens is 2. The van der Waals surface area contributed by atoms with Crippen molar-refractivity contribution in [3.05, 3.63) is 60.0 Å². The Hall–Kier alpha value is -1.90. The van der Waals surface area contributed by atoms with E-state index in [1.807, 2.05) is 26.0 Å². The molecule has 1 aromatic heterocycles. The van der Waals surface area contributed by atoms with Gasteiger partial charge in [0.2, 0.25) is 0 Å². The molecule has 3 rings (SSSR count). The van der Waals surface area contributed by atoms with E-state index in [9.17, 15) is 4.79 Å². The van der Waals surface area contributed by atoms with Gasteiger partial charge in [-0.15, -0.1) is 0 Å². The zero-order chi connectivity index (χ0) is 22.0. The van der Waals surface area contributed by atoms with Crippen molar-refractivity contribution in [3.63, 3.8) is 0 Å². The molecule has 0 aliphatic carbocycles. The van der Waals surface area contributed by atoms with Gasteiger partial charge in [0.1, 0.15) is 10.8 Å². The highest BCUT2D eigenvalue weighted by atomic mass is 79.9. The maximum absolute atomic E-state index is 13.2. The zero-order valence-electron chi connectivity index (χ0n) is 16.9. The number of rotatable bonds is 6. The summed E-state index contributed by atoms with van der Waals surface area (Å²) in [5.41, 5.74) is 1.03. The molecule has 0 saturated heterocycles. The maximum atomic E-state index is 13.2. The molecule has 158 valence electrons. The molecule has 2 aromatic carbocycles. The average molecular weight is 558 g/mol. The lowest BCUT2D eigenvalue weighted by molar-refractivity contribution is 0.355. The predicted molar refractivity (Wildman–Crippen MR) is 128 cm³/mol. The van der Waals surface area contributed by atoms with Crippen molar-refractivity contribution < 1.29 is 9.47 Å². The van der Waals surface area contributed by atoms with E-state index >= 15 is 0 Å². The highest BCUT2D eigenvalue weighted by molar-refractivity contribution is 9.10. The third-order valence-electron chi connectivity index (χ3n) is 4.78. The quantitative estimate of drug-likeness (QED) is 0.350. The van der Waals surface area contributed by atoms with Crippen LogP contribution in [0, 0.1) is 0 Å². The van der Waals surface area contributed by atoms with Crippen LogP contribution in [0.5, 0.6) is 11.5 Å². The van der Waals surface area contributed by atoms with E-state index in [1.54, 1.807) is 18.3 Å². The van der Waals surface area contributed by atoms with Crippen molar-refractivity contribution in [1.29, 1.82) is 0 Å². The van der Waals surface area contributed by atoms with Crippen molar-refractivity contribution in [2.75, 3.05) is 14.2 Å². The molecule has 0 fully saturated rings. The van der Waals surface area contributed by atoms with Crippen molar-refractivity contribution >= 4 is 60.6 Å². The number of halogens is 3. The van der Waals surface area contributed by atoms with E-state index in [2.05, 4.69) is 37.0 Å². The number of methoxy groups -OCH3 is 2. The largest absolute Gasteiger partial charge is 0.493 e. The van der Waals surface area contributed by atoms with Gasteiger partial charge in [-0.1, -0.05) is 41.4 Å². The number of ether oxygens (including phenoxy) is 2. The molecule has 0 spiro atoms. The van der Waals surface area contributed by atoms with Crippen LogP contribution < -0.4 is 15.0 Å². The van der Waals surface area contributed by atoms with E-state index in [1.165, 1.54) is 18.9 Å². The van der Waals surface area contributed by atoms with Crippen LogP contribution in [-0.2, 0) is 0 Å². The first-order chi connectivity index (χ1) is 14.3. The molecule has 1 heterocycles. The Morgan fingerprint density at radius 1 is 1.27 bits per heavy atom. The minimum absolute atomic E-state index is 0.0420. The number of benzene rings is 2. The SMILES string of the molecule is CC[C@H](C)c1nc2ccc(Br)cc2c(=O)n1N=Cc1cc(OC)c(OC)c(Cl)c1Br. The van der Waals surface area contributed by atoms with Crippen molar-refractivity contribution in [1.82, 2.24) is 9.66 Å². The minimum atomic E-state index is -0.240. The smallest absolute Gasteiger partial charge is 0.282 e. The fourth-order valence-corrected chi connectivity index (χ4v) is 3.98. The van der Waals surface area contributed by atoms with Crippen LogP contribution in [0.1, 0.15) is 37.6 Å². The summed E-state index contributed by atoms with van der Waals surface area (Å²) in [5, 5.41) is 5.31. The van der Waals surface area contributed by atoms with Gasteiger partial charge in [0.25, 0.3) is 5.56 Å². The van der Waals surface area contributed by atoms with Crippen LogP contribution in [0.25, 0.3) is 10.9 Å². The first kappa shape index (κ1) is 22.8. The van der Waals surface area contributed by atoms with Gasteiger partial charge in [-0.25, -0.2) is 4.98 Å². The Morgan fingerprint density at radius 3 is 2.63 bits per heavy atom. The first-order valence-corrected chi connectivity index (χ1v) is 11.1. The van der Waals surface area contributed by atoms with E-state index in [0.29, 0.717) is 43.3 Å². The molecule has 0 N–H and O–H groups in total. The van der Waals surface area contributed by atoms with Gasteiger partial charge in [-0.3, -0.25) is 4.79 Å². The lowest BCUT2D eigenvalue weighted by Crippen LogP contribution is -2.23. The van der Waals surface area contributed by atoms with Gasteiger partial charge in [-0.05, 0) is 46.6 Å².